The highest BCUT2D eigenvalue weighted by atomic mass is 35.5. The Labute approximate surface area is 159 Å². The molecule has 2 N–H and O–H groups in total. The molecule has 26 heavy (non-hydrogen) atoms. The molecule has 0 fully saturated rings. The van der Waals surface area contributed by atoms with Gasteiger partial charge in [0.1, 0.15) is 11.0 Å². The molecular formula is C19H25ClFN5. The van der Waals surface area contributed by atoms with Crippen molar-refractivity contribution in [3.63, 3.8) is 0 Å². The van der Waals surface area contributed by atoms with Gasteiger partial charge in [-0.05, 0) is 49.8 Å². The van der Waals surface area contributed by atoms with Crippen LogP contribution < -0.4 is 10.6 Å². The van der Waals surface area contributed by atoms with Crippen LogP contribution in [0.2, 0.25) is 5.15 Å². The largest absolute Gasteiger partial charge is 0.356 e. The molecule has 0 bridgehead atoms. The predicted molar refractivity (Wildman–Crippen MR) is 105 cm³/mol. The molecule has 140 valence electrons. The average Bonchev–Trinajstić information content (AvgIpc) is 2.62. The average molecular weight is 378 g/mol. The fraction of sp³-hybridized carbons (Fsp3) is 0.368. The first-order valence-electron chi connectivity index (χ1n) is 8.46. The Morgan fingerprint density at radius 2 is 2.08 bits per heavy atom. The lowest BCUT2D eigenvalue weighted by atomic mass is 10.1. The van der Waals surface area contributed by atoms with Crippen molar-refractivity contribution in [2.75, 3.05) is 34.2 Å². The molecule has 1 aromatic carbocycles. The third-order valence-corrected chi connectivity index (χ3v) is 4.26. The van der Waals surface area contributed by atoms with E-state index >= 15 is 0 Å². The minimum atomic E-state index is -0.228. The zero-order valence-electron chi connectivity index (χ0n) is 15.3. The first kappa shape index (κ1) is 20.1. The van der Waals surface area contributed by atoms with Gasteiger partial charge in [-0.1, -0.05) is 29.8 Å². The van der Waals surface area contributed by atoms with Gasteiger partial charge in [-0.2, -0.15) is 0 Å². The number of nitrogens with one attached hydrogen (secondary N) is 2. The van der Waals surface area contributed by atoms with Crippen molar-refractivity contribution in [3.05, 3.63) is 64.7 Å². The van der Waals surface area contributed by atoms with Gasteiger partial charge in [-0.15, -0.1) is 0 Å². The number of likely N-dealkylation sites (N-methyl/N-ethyl adjacent to an activating group) is 1. The van der Waals surface area contributed by atoms with E-state index in [0.717, 1.165) is 24.1 Å². The van der Waals surface area contributed by atoms with Crippen LogP contribution in [-0.4, -0.2) is 50.1 Å². The standard InChI is InChI=1S/C19H25ClFN5/c1-22-19(23-10-9-14-7-8-18(20)24-12-14)25-13-17(26(2)3)15-5-4-6-16(21)11-15/h4-8,11-12,17H,9-10,13H2,1-3H3,(H2,22,23,25). The molecule has 0 saturated carbocycles. The summed E-state index contributed by atoms with van der Waals surface area (Å²) in [6, 6.07) is 10.5. The molecule has 0 amide bonds. The number of rotatable bonds is 7. The van der Waals surface area contributed by atoms with Gasteiger partial charge in [-0.25, -0.2) is 9.37 Å². The number of benzene rings is 1. The van der Waals surface area contributed by atoms with Gasteiger partial charge in [0.05, 0.1) is 6.04 Å². The van der Waals surface area contributed by atoms with E-state index in [1.165, 1.54) is 6.07 Å². The van der Waals surface area contributed by atoms with Crippen LogP contribution in [0.25, 0.3) is 0 Å². The summed E-state index contributed by atoms with van der Waals surface area (Å²) in [5, 5.41) is 7.07. The van der Waals surface area contributed by atoms with E-state index in [-0.39, 0.29) is 11.9 Å². The number of hydrogen-bond acceptors (Lipinski definition) is 3. The Kier molecular flexibility index (Phi) is 7.81. The molecule has 0 aliphatic carbocycles. The van der Waals surface area contributed by atoms with Crippen molar-refractivity contribution < 1.29 is 4.39 Å². The lowest BCUT2D eigenvalue weighted by molar-refractivity contribution is 0.297. The minimum Gasteiger partial charge on any atom is -0.356 e. The molecule has 0 saturated heterocycles. The second-order valence-corrected chi connectivity index (χ2v) is 6.54. The maximum atomic E-state index is 13.5. The Bertz CT molecular complexity index is 718. The van der Waals surface area contributed by atoms with Crippen molar-refractivity contribution in [1.82, 2.24) is 20.5 Å². The second-order valence-electron chi connectivity index (χ2n) is 6.15. The minimum absolute atomic E-state index is 0.0321. The smallest absolute Gasteiger partial charge is 0.191 e. The van der Waals surface area contributed by atoms with Gasteiger partial charge in [0, 0.05) is 26.3 Å². The van der Waals surface area contributed by atoms with Crippen molar-refractivity contribution >= 4 is 17.6 Å². The maximum absolute atomic E-state index is 13.5. The summed E-state index contributed by atoms with van der Waals surface area (Å²) in [4.78, 5) is 10.4. The van der Waals surface area contributed by atoms with Gasteiger partial charge in [0.2, 0.25) is 0 Å². The van der Waals surface area contributed by atoms with Gasteiger partial charge in [0.15, 0.2) is 5.96 Å². The summed E-state index contributed by atoms with van der Waals surface area (Å²) >= 11 is 5.79. The molecule has 1 atom stereocenters. The van der Waals surface area contributed by atoms with Gasteiger partial charge in [0.25, 0.3) is 0 Å². The number of hydrogen-bond donors (Lipinski definition) is 2. The zero-order valence-corrected chi connectivity index (χ0v) is 16.1. The Hall–Kier alpha value is -2.18. The summed E-state index contributed by atoms with van der Waals surface area (Å²) in [5.74, 6) is 0.476. The van der Waals surface area contributed by atoms with Crippen molar-refractivity contribution in [2.24, 2.45) is 4.99 Å². The van der Waals surface area contributed by atoms with Crippen molar-refractivity contribution in [1.29, 1.82) is 0 Å². The fourth-order valence-electron chi connectivity index (χ4n) is 2.61. The quantitative estimate of drug-likeness (QED) is 0.442. The first-order valence-corrected chi connectivity index (χ1v) is 8.84. The molecule has 0 aliphatic heterocycles. The first-order chi connectivity index (χ1) is 12.5. The topological polar surface area (TPSA) is 52.6 Å². The van der Waals surface area contributed by atoms with Gasteiger partial charge >= 0.3 is 0 Å². The van der Waals surface area contributed by atoms with Gasteiger partial charge in [-0.3, -0.25) is 4.99 Å². The molecule has 2 aromatic rings. The highest BCUT2D eigenvalue weighted by Gasteiger charge is 2.15. The van der Waals surface area contributed by atoms with Crippen molar-refractivity contribution in [3.8, 4) is 0 Å². The zero-order chi connectivity index (χ0) is 18.9. The van der Waals surface area contributed by atoms with Crippen molar-refractivity contribution in [2.45, 2.75) is 12.5 Å². The molecule has 2 rings (SSSR count). The highest BCUT2D eigenvalue weighted by Crippen LogP contribution is 2.18. The van der Waals surface area contributed by atoms with E-state index < -0.39 is 0 Å². The molecule has 0 spiro atoms. The normalized spacial score (nSPS) is 12.9. The summed E-state index contributed by atoms with van der Waals surface area (Å²) in [6.07, 6.45) is 2.58. The third-order valence-electron chi connectivity index (χ3n) is 4.04. The fourth-order valence-corrected chi connectivity index (χ4v) is 2.72. The number of halogens is 2. The highest BCUT2D eigenvalue weighted by molar-refractivity contribution is 6.29. The summed E-state index contributed by atoms with van der Waals surface area (Å²) < 4.78 is 13.5. The van der Waals surface area contributed by atoms with E-state index in [2.05, 4.69) is 25.5 Å². The predicted octanol–water partition coefficient (Wildman–Crippen LogP) is 2.88. The number of guanidine groups is 1. The van der Waals surface area contributed by atoms with Crippen LogP contribution in [0.4, 0.5) is 4.39 Å². The van der Waals surface area contributed by atoms with Crippen LogP contribution in [-0.2, 0) is 6.42 Å². The monoisotopic (exact) mass is 377 g/mol. The Balaban J connectivity index is 1.87. The van der Waals surface area contributed by atoms with E-state index in [1.807, 2.05) is 26.2 Å². The lowest BCUT2D eigenvalue weighted by Gasteiger charge is -2.26. The van der Waals surface area contributed by atoms with E-state index in [1.54, 1.807) is 31.4 Å². The molecule has 0 aliphatic rings. The number of aliphatic imine (C=N–C) groups is 1. The van der Waals surface area contributed by atoms with Crippen LogP contribution in [0.5, 0.6) is 0 Å². The molecule has 0 radical (unpaired) electrons. The number of nitrogens with zero attached hydrogens (tertiary/aromatic N) is 3. The van der Waals surface area contributed by atoms with E-state index in [9.17, 15) is 4.39 Å². The summed E-state index contributed by atoms with van der Waals surface area (Å²) in [6.45, 7) is 1.33. The Morgan fingerprint density at radius 1 is 1.27 bits per heavy atom. The number of aromatic nitrogens is 1. The van der Waals surface area contributed by atoms with Crippen LogP contribution in [0, 0.1) is 5.82 Å². The number of pyridine rings is 1. The van der Waals surface area contributed by atoms with Crippen LogP contribution in [0.15, 0.2) is 47.6 Å². The maximum Gasteiger partial charge on any atom is 0.191 e. The lowest BCUT2D eigenvalue weighted by Crippen LogP contribution is -2.42. The molecule has 5 nitrogen and oxygen atoms in total. The molecular weight excluding hydrogens is 353 g/mol. The second kappa shape index (κ2) is 10.1. The molecule has 1 heterocycles. The van der Waals surface area contributed by atoms with Crippen LogP contribution in [0.3, 0.4) is 0 Å². The van der Waals surface area contributed by atoms with E-state index in [4.69, 9.17) is 11.6 Å². The van der Waals surface area contributed by atoms with Gasteiger partial charge < -0.3 is 15.5 Å². The van der Waals surface area contributed by atoms with Crippen LogP contribution >= 0.6 is 11.6 Å². The molecule has 7 heteroatoms. The Morgan fingerprint density at radius 3 is 2.69 bits per heavy atom. The summed E-state index contributed by atoms with van der Waals surface area (Å²) in [5.41, 5.74) is 2.02. The van der Waals surface area contributed by atoms with Crippen LogP contribution in [0.1, 0.15) is 17.2 Å². The SMILES string of the molecule is CN=C(NCCc1ccc(Cl)nc1)NCC(c1cccc(F)c1)N(C)C. The van der Waals surface area contributed by atoms with E-state index in [0.29, 0.717) is 17.7 Å². The molecule has 1 unspecified atom stereocenters. The summed E-state index contributed by atoms with van der Waals surface area (Å²) in [7, 11) is 5.67. The third kappa shape index (κ3) is 6.28. The molecule has 1 aromatic heterocycles.